The van der Waals surface area contributed by atoms with Crippen LogP contribution in [0.2, 0.25) is 5.02 Å². The molecule has 2 heterocycles. The number of rotatable bonds is 3. The highest BCUT2D eigenvalue weighted by molar-refractivity contribution is 6.52. The van der Waals surface area contributed by atoms with Crippen LogP contribution in [0.1, 0.15) is 43.5 Å². The summed E-state index contributed by atoms with van der Waals surface area (Å²) in [5, 5.41) is 22.5. The average molecular weight is 533 g/mol. The third kappa shape index (κ3) is 4.37. The van der Waals surface area contributed by atoms with E-state index in [-0.39, 0.29) is 28.2 Å². The van der Waals surface area contributed by atoms with Gasteiger partial charge in [0.25, 0.3) is 11.7 Å². The zero-order valence-corrected chi connectivity index (χ0v) is 22.4. The van der Waals surface area contributed by atoms with Crippen LogP contribution in [0.5, 0.6) is 11.5 Å². The van der Waals surface area contributed by atoms with Gasteiger partial charge in [0.15, 0.2) is 0 Å². The van der Waals surface area contributed by atoms with E-state index in [2.05, 4.69) is 20.8 Å². The number of hydrogen-bond donors (Lipinski definition) is 2. The van der Waals surface area contributed by atoms with Crippen LogP contribution in [0.15, 0.2) is 66.2 Å². The van der Waals surface area contributed by atoms with Crippen LogP contribution in [-0.2, 0) is 15.0 Å². The molecule has 7 nitrogen and oxygen atoms in total. The fourth-order valence-corrected chi connectivity index (χ4v) is 5.07. The summed E-state index contributed by atoms with van der Waals surface area (Å²) in [6.45, 7) is 7.50. The summed E-state index contributed by atoms with van der Waals surface area (Å²) < 4.78 is 5.71. The molecule has 0 aliphatic carbocycles. The first-order valence-electron chi connectivity index (χ1n) is 12.4. The van der Waals surface area contributed by atoms with Crippen LogP contribution in [0.25, 0.3) is 5.76 Å². The first-order valence-corrected chi connectivity index (χ1v) is 12.7. The second kappa shape index (κ2) is 9.40. The maximum Gasteiger partial charge on any atom is 0.300 e. The number of ketones is 1. The highest BCUT2D eigenvalue weighted by Crippen LogP contribution is 2.46. The van der Waals surface area contributed by atoms with Gasteiger partial charge in [0.2, 0.25) is 0 Å². The smallest absolute Gasteiger partial charge is 0.300 e. The first kappa shape index (κ1) is 25.7. The molecule has 1 amide bonds. The molecule has 1 fully saturated rings. The Morgan fingerprint density at radius 2 is 1.71 bits per heavy atom. The van der Waals surface area contributed by atoms with E-state index >= 15 is 0 Å². The van der Waals surface area contributed by atoms with E-state index in [0.29, 0.717) is 35.1 Å². The molecule has 3 aromatic rings. The zero-order valence-electron chi connectivity index (χ0n) is 21.7. The van der Waals surface area contributed by atoms with E-state index in [1.807, 2.05) is 36.2 Å². The van der Waals surface area contributed by atoms with Gasteiger partial charge in [-0.05, 0) is 52.9 Å². The number of hydrogen-bond acceptors (Lipinski definition) is 6. The summed E-state index contributed by atoms with van der Waals surface area (Å²) in [5.41, 5.74) is 2.74. The van der Waals surface area contributed by atoms with E-state index in [4.69, 9.17) is 16.3 Å². The Labute approximate surface area is 226 Å². The molecule has 0 aromatic heterocycles. The molecular formula is C30H29ClN2O5. The maximum absolute atomic E-state index is 13.5. The molecule has 38 heavy (non-hydrogen) atoms. The Morgan fingerprint density at radius 1 is 1.00 bits per heavy atom. The van der Waals surface area contributed by atoms with Crippen molar-refractivity contribution in [2.75, 3.05) is 30.0 Å². The number of nitrogens with zero attached hydrogens (tertiary/aromatic N) is 2. The number of aliphatic hydroxyl groups excluding tert-OH is 1. The van der Waals surface area contributed by atoms with Gasteiger partial charge >= 0.3 is 0 Å². The van der Waals surface area contributed by atoms with Crippen LogP contribution in [0.4, 0.5) is 11.4 Å². The van der Waals surface area contributed by atoms with Crippen LogP contribution in [-0.4, -0.2) is 42.1 Å². The van der Waals surface area contributed by atoms with Gasteiger partial charge in [-0.3, -0.25) is 14.5 Å². The molecule has 0 spiro atoms. The van der Waals surface area contributed by atoms with Crippen molar-refractivity contribution in [3.63, 3.8) is 0 Å². The lowest BCUT2D eigenvalue weighted by atomic mass is 9.85. The van der Waals surface area contributed by atoms with Crippen molar-refractivity contribution >= 4 is 40.4 Å². The molecule has 3 aromatic carbocycles. The topological polar surface area (TPSA) is 90.3 Å². The summed E-state index contributed by atoms with van der Waals surface area (Å²) in [5.74, 6) is -1.56. The number of aliphatic hydroxyl groups is 1. The summed E-state index contributed by atoms with van der Waals surface area (Å²) in [6, 6.07) is 16.0. The van der Waals surface area contributed by atoms with Crippen molar-refractivity contribution < 1.29 is 24.5 Å². The molecule has 2 aliphatic heterocycles. The highest BCUT2D eigenvalue weighted by Gasteiger charge is 2.48. The van der Waals surface area contributed by atoms with E-state index in [1.165, 1.54) is 23.1 Å². The van der Waals surface area contributed by atoms with Crippen molar-refractivity contribution in [2.45, 2.75) is 32.2 Å². The number of likely N-dealkylation sites (N-methyl/N-ethyl adjacent to an activating group) is 1. The third-order valence-corrected chi connectivity index (χ3v) is 7.30. The first-order chi connectivity index (χ1) is 18.0. The fraction of sp³-hybridized carbons (Fsp3) is 0.267. The molecule has 5 rings (SSSR count). The van der Waals surface area contributed by atoms with Crippen molar-refractivity contribution in [2.24, 2.45) is 0 Å². The third-order valence-electron chi connectivity index (χ3n) is 7.06. The molecule has 2 aliphatic rings. The lowest BCUT2D eigenvalue weighted by Crippen LogP contribution is -2.29. The van der Waals surface area contributed by atoms with Gasteiger partial charge in [-0.2, -0.15) is 0 Å². The number of carbonyl (C=O) groups is 2. The Morgan fingerprint density at radius 3 is 2.39 bits per heavy atom. The number of phenolic OH excluding ortho intramolecular Hbond substituents is 1. The van der Waals surface area contributed by atoms with Gasteiger partial charge in [-0.15, -0.1) is 0 Å². The van der Waals surface area contributed by atoms with Crippen LogP contribution in [0.3, 0.4) is 0 Å². The molecule has 1 saturated heterocycles. The molecule has 8 heteroatoms. The summed E-state index contributed by atoms with van der Waals surface area (Å²) in [4.78, 5) is 30.2. The minimum absolute atomic E-state index is 0.0720. The minimum Gasteiger partial charge on any atom is -0.507 e. The predicted molar refractivity (Wildman–Crippen MR) is 148 cm³/mol. The Balaban J connectivity index is 1.71. The monoisotopic (exact) mass is 532 g/mol. The van der Waals surface area contributed by atoms with Gasteiger partial charge < -0.3 is 19.8 Å². The van der Waals surface area contributed by atoms with E-state index < -0.39 is 17.7 Å². The highest BCUT2D eigenvalue weighted by atomic mass is 35.5. The molecule has 0 bridgehead atoms. The predicted octanol–water partition coefficient (Wildman–Crippen LogP) is 5.80. The number of benzene rings is 3. The van der Waals surface area contributed by atoms with E-state index in [1.54, 1.807) is 18.2 Å². The quantitative estimate of drug-likeness (QED) is 0.252. The molecule has 1 unspecified atom stereocenters. The van der Waals surface area contributed by atoms with Crippen LogP contribution in [0, 0.1) is 0 Å². The number of anilines is 2. The molecule has 0 saturated carbocycles. The summed E-state index contributed by atoms with van der Waals surface area (Å²) >= 11 is 6.21. The maximum atomic E-state index is 13.5. The number of fused-ring (bicyclic) bond motifs is 1. The molecule has 196 valence electrons. The second-order valence-corrected chi connectivity index (χ2v) is 11.1. The van der Waals surface area contributed by atoms with E-state index in [9.17, 15) is 19.8 Å². The number of carbonyl (C=O) groups excluding carboxylic acids is 2. The number of aromatic hydroxyl groups is 1. The Bertz CT molecular complexity index is 1470. The summed E-state index contributed by atoms with van der Waals surface area (Å²) in [6.07, 6.45) is 0. The number of ether oxygens (including phenoxy) is 1. The SMILES string of the molecule is CN1CCOc2ccc(/C(O)=C3/C(=O)C(=O)N(c4cc(Cl)ccc4O)C3c3ccc(C(C)(C)C)cc3)cc21. The molecule has 0 radical (unpaired) electrons. The zero-order chi connectivity index (χ0) is 27.4. The van der Waals surface area contributed by atoms with Gasteiger partial charge in [-0.25, -0.2) is 0 Å². The van der Waals surface area contributed by atoms with Crippen molar-refractivity contribution in [1.82, 2.24) is 0 Å². The largest absolute Gasteiger partial charge is 0.507 e. The minimum atomic E-state index is -0.988. The number of phenols is 1. The number of halogens is 1. The van der Waals surface area contributed by atoms with Crippen molar-refractivity contribution in [1.29, 1.82) is 0 Å². The van der Waals surface area contributed by atoms with Crippen molar-refractivity contribution in [3.05, 3.63) is 87.9 Å². The Kier molecular flexibility index (Phi) is 6.35. The normalized spacial score (nSPS) is 18.9. The molecular weight excluding hydrogens is 504 g/mol. The lowest BCUT2D eigenvalue weighted by Gasteiger charge is -2.28. The molecule has 2 N–H and O–H groups in total. The number of Topliss-reactive ketones (excluding diaryl/α,β-unsaturated/α-hetero) is 1. The van der Waals surface area contributed by atoms with Gasteiger partial charge in [0.1, 0.15) is 23.9 Å². The molecule has 1 atom stereocenters. The lowest BCUT2D eigenvalue weighted by molar-refractivity contribution is -0.132. The van der Waals surface area contributed by atoms with Crippen molar-refractivity contribution in [3.8, 4) is 11.5 Å². The van der Waals surface area contributed by atoms with Gasteiger partial charge in [-0.1, -0.05) is 56.6 Å². The van der Waals surface area contributed by atoms with Crippen LogP contribution >= 0.6 is 11.6 Å². The second-order valence-electron chi connectivity index (χ2n) is 10.6. The Hall–Kier alpha value is -3.97. The van der Waals surface area contributed by atoms with Crippen LogP contribution < -0.4 is 14.5 Å². The van der Waals surface area contributed by atoms with Gasteiger partial charge in [0, 0.05) is 17.6 Å². The van der Waals surface area contributed by atoms with Gasteiger partial charge in [0.05, 0.1) is 29.5 Å². The fourth-order valence-electron chi connectivity index (χ4n) is 4.90. The number of amides is 1. The summed E-state index contributed by atoms with van der Waals surface area (Å²) in [7, 11) is 1.92. The van der Waals surface area contributed by atoms with E-state index in [0.717, 1.165) is 11.3 Å². The standard InChI is InChI=1S/C30H29ClN2O5/c1-30(2,3)19-8-5-17(6-9-19)26-25(27(35)18-7-12-24-22(15-18)32(4)13-14-38-24)28(36)29(37)33(26)21-16-20(31)10-11-23(21)34/h5-12,15-16,26,34-35H,13-14H2,1-4H3/b27-25-. The average Bonchev–Trinajstić information content (AvgIpc) is 3.15.